The van der Waals surface area contributed by atoms with Gasteiger partial charge in [-0.15, -0.1) is 0 Å². The number of nitrogens with zero attached hydrogens (tertiary/aromatic N) is 2. The molecule has 2 heterocycles. The quantitative estimate of drug-likeness (QED) is 0.362. The lowest BCUT2D eigenvalue weighted by Gasteiger charge is -2.13. The van der Waals surface area contributed by atoms with E-state index in [2.05, 4.69) is 20.3 Å². The molecule has 0 amide bonds. The molecule has 2 aromatic carbocycles. The van der Waals surface area contributed by atoms with E-state index in [1.807, 2.05) is 73.7 Å². The van der Waals surface area contributed by atoms with Crippen LogP contribution in [0.3, 0.4) is 0 Å². The zero-order chi connectivity index (χ0) is 20.9. The van der Waals surface area contributed by atoms with Gasteiger partial charge < -0.3 is 15.4 Å². The first-order valence-corrected chi connectivity index (χ1v) is 10.1. The third-order valence-electron chi connectivity index (χ3n) is 5.14. The minimum absolute atomic E-state index is 0.504. The number of H-pyrrole nitrogens is 1. The van der Waals surface area contributed by atoms with Crippen LogP contribution < -0.4 is 5.32 Å². The second kappa shape index (κ2) is 8.78. The van der Waals surface area contributed by atoms with E-state index in [1.54, 1.807) is 0 Å². The molecule has 0 radical (unpaired) electrons. The number of aromatic nitrogens is 3. The van der Waals surface area contributed by atoms with Gasteiger partial charge in [-0.05, 0) is 37.0 Å². The van der Waals surface area contributed by atoms with Gasteiger partial charge in [-0.3, -0.25) is 4.79 Å². The molecule has 1 atom stereocenters. The predicted molar refractivity (Wildman–Crippen MR) is 119 cm³/mol. The Bertz CT molecular complexity index is 1140. The lowest BCUT2D eigenvalue weighted by Crippen LogP contribution is -2.14. The maximum atomic E-state index is 11.7. The van der Waals surface area contributed by atoms with Crippen molar-refractivity contribution in [1.29, 1.82) is 0 Å². The number of rotatable bonds is 8. The highest BCUT2D eigenvalue weighted by atomic mass is 16.4. The zero-order valence-corrected chi connectivity index (χ0v) is 16.8. The van der Waals surface area contributed by atoms with Crippen LogP contribution in [0, 0.1) is 6.92 Å². The molecule has 0 aliphatic rings. The predicted octanol–water partition coefficient (Wildman–Crippen LogP) is 4.99. The first-order valence-electron chi connectivity index (χ1n) is 10.1. The summed E-state index contributed by atoms with van der Waals surface area (Å²) in [4.78, 5) is 24.2. The lowest BCUT2D eigenvalue weighted by molar-refractivity contribution is -0.139. The van der Waals surface area contributed by atoms with Crippen molar-refractivity contribution in [2.24, 2.45) is 0 Å². The molecular weight excluding hydrogens is 376 g/mol. The van der Waals surface area contributed by atoms with E-state index < -0.39 is 11.9 Å². The van der Waals surface area contributed by atoms with Crippen LogP contribution in [0.5, 0.6) is 0 Å². The average molecular weight is 400 g/mol. The molecule has 0 saturated heterocycles. The number of anilines is 1. The molecule has 6 heteroatoms. The molecule has 1 unspecified atom stereocenters. The summed E-state index contributed by atoms with van der Waals surface area (Å²) in [6.45, 7) is 2.50. The second-order valence-corrected chi connectivity index (χ2v) is 7.30. The normalized spacial score (nSPS) is 12.0. The molecule has 4 rings (SSSR count). The van der Waals surface area contributed by atoms with Crippen molar-refractivity contribution in [3.05, 3.63) is 78.1 Å². The molecule has 2 aromatic heterocycles. The number of fused-ring (bicyclic) bond motifs is 1. The Morgan fingerprint density at radius 3 is 2.47 bits per heavy atom. The number of nitrogens with one attached hydrogen (secondary N) is 2. The monoisotopic (exact) mass is 400 g/mol. The van der Waals surface area contributed by atoms with Crippen LogP contribution in [0.2, 0.25) is 0 Å². The van der Waals surface area contributed by atoms with E-state index in [9.17, 15) is 9.90 Å². The van der Waals surface area contributed by atoms with Crippen molar-refractivity contribution in [3.63, 3.8) is 0 Å². The van der Waals surface area contributed by atoms with Gasteiger partial charge in [0, 0.05) is 12.2 Å². The third-order valence-corrected chi connectivity index (χ3v) is 5.14. The van der Waals surface area contributed by atoms with Gasteiger partial charge in [0.2, 0.25) is 0 Å². The zero-order valence-electron chi connectivity index (χ0n) is 16.8. The highest BCUT2D eigenvalue weighted by Gasteiger charge is 2.19. The number of aromatic amines is 1. The van der Waals surface area contributed by atoms with E-state index in [-0.39, 0.29) is 0 Å². The molecule has 0 bridgehead atoms. The van der Waals surface area contributed by atoms with E-state index in [0.29, 0.717) is 25.2 Å². The maximum absolute atomic E-state index is 11.7. The second-order valence-electron chi connectivity index (χ2n) is 7.30. The van der Waals surface area contributed by atoms with Crippen molar-refractivity contribution in [3.8, 4) is 11.3 Å². The molecule has 152 valence electrons. The number of hydrogen-bond donors (Lipinski definition) is 3. The Morgan fingerprint density at radius 1 is 1.07 bits per heavy atom. The maximum Gasteiger partial charge on any atom is 0.310 e. The number of carboxylic acid groups (broad SMARTS) is 1. The van der Waals surface area contributed by atoms with E-state index in [0.717, 1.165) is 33.7 Å². The van der Waals surface area contributed by atoms with Gasteiger partial charge in [0.15, 0.2) is 5.82 Å². The Morgan fingerprint density at radius 2 is 1.77 bits per heavy atom. The van der Waals surface area contributed by atoms with Crippen LogP contribution in [-0.4, -0.2) is 32.6 Å². The van der Waals surface area contributed by atoms with Crippen molar-refractivity contribution in [2.75, 3.05) is 11.9 Å². The topological polar surface area (TPSA) is 90.9 Å². The average Bonchev–Trinajstić information content (AvgIpc) is 3.18. The summed E-state index contributed by atoms with van der Waals surface area (Å²) < 4.78 is 0. The molecule has 0 saturated carbocycles. The fourth-order valence-corrected chi connectivity index (χ4v) is 3.66. The molecule has 6 nitrogen and oxygen atoms in total. The summed E-state index contributed by atoms with van der Waals surface area (Å²) in [6.07, 6.45) is 1.27. The summed E-state index contributed by atoms with van der Waals surface area (Å²) in [5.74, 6) is 0.135. The van der Waals surface area contributed by atoms with Crippen LogP contribution in [0.4, 0.5) is 5.82 Å². The molecule has 0 fully saturated rings. The Labute approximate surface area is 175 Å². The van der Waals surface area contributed by atoms with Gasteiger partial charge >= 0.3 is 5.97 Å². The summed E-state index contributed by atoms with van der Waals surface area (Å²) in [7, 11) is 0. The first-order chi connectivity index (χ1) is 14.6. The number of carboxylic acids is 1. The largest absolute Gasteiger partial charge is 0.481 e. The van der Waals surface area contributed by atoms with Crippen molar-refractivity contribution in [2.45, 2.75) is 25.7 Å². The lowest BCUT2D eigenvalue weighted by atomic mass is 9.94. The summed E-state index contributed by atoms with van der Waals surface area (Å²) in [5, 5.41) is 12.9. The van der Waals surface area contributed by atoms with Crippen LogP contribution in [0.1, 0.15) is 30.1 Å². The fourth-order valence-electron chi connectivity index (χ4n) is 3.66. The van der Waals surface area contributed by atoms with Gasteiger partial charge in [-0.1, -0.05) is 60.7 Å². The summed E-state index contributed by atoms with van der Waals surface area (Å²) in [5.41, 5.74) is 4.63. The highest BCUT2D eigenvalue weighted by Crippen LogP contribution is 2.27. The number of carbonyl (C=O) groups is 1. The van der Waals surface area contributed by atoms with Crippen LogP contribution in [0.25, 0.3) is 22.3 Å². The minimum atomic E-state index is -0.793. The SMILES string of the molecule is Cc1nc(NCCCC(C(=O)O)c2ccccc2)c2[nH]c(-c3ccccc3)cc2n1. The van der Waals surface area contributed by atoms with Crippen molar-refractivity contribution < 1.29 is 9.90 Å². The van der Waals surface area contributed by atoms with Gasteiger partial charge in [0.1, 0.15) is 11.3 Å². The first kappa shape index (κ1) is 19.6. The molecular formula is C24H24N4O2. The molecule has 4 aromatic rings. The van der Waals surface area contributed by atoms with Gasteiger partial charge in [0.25, 0.3) is 0 Å². The molecule has 0 aliphatic carbocycles. The molecule has 30 heavy (non-hydrogen) atoms. The molecule has 0 aliphatic heterocycles. The van der Waals surface area contributed by atoms with Crippen LogP contribution in [0.15, 0.2) is 66.7 Å². The fraction of sp³-hybridized carbons (Fsp3) is 0.208. The van der Waals surface area contributed by atoms with Crippen LogP contribution >= 0.6 is 0 Å². The van der Waals surface area contributed by atoms with Crippen LogP contribution in [-0.2, 0) is 4.79 Å². The van der Waals surface area contributed by atoms with E-state index in [4.69, 9.17) is 0 Å². The smallest absolute Gasteiger partial charge is 0.310 e. The minimum Gasteiger partial charge on any atom is -0.481 e. The third kappa shape index (κ3) is 4.33. The van der Waals surface area contributed by atoms with Gasteiger partial charge in [-0.2, -0.15) is 0 Å². The van der Waals surface area contributed by atoms with Crippen molar-refractivity contribution in [1.82, 2.24) is 15.0 Å². The number of aryl methyl sites for hydroxylation is 1. The van der Waals surface area contributed by atoms with E-state index in [1.165, 1.54) is 0 Å². The van der Waals surface area contributed by atoms with Gasteiger partial charge in [-0.25, -0.2) is 9.97 Å². The van der Waals surface area contributed by atoms with Crippen molar-refractivity contribution >= 4 is 22.8 Å². The van der Waals surface area contributed by atoms with E-state index >= 15 is 0 Å². The molecule has 0 spiro atoms. The Hall–Kier alpha value is -3.67. The Kier molecular flexibility index (Phi) is 5.75. The number of benzene rings is 2. The standard InChI is InChI=1S/C24H24N4O2/c1-16-26-21-15-20(18-11-6-3-7-12-18)28-22(21)23(27-16)25-14-8-13-19(24(29)30)17-9-4-2-5-10-17/h2-7,9-12,15,19,28H,8,13-14H2,1H3,(H,29,30)(H,25,26,27). The highest BCUT2D eigenvalue weighted by molar-refractivity contribution is 5.90. The number of aliphatic carboxylic acids is 1. The Balaban J connectivity index is 1.47. The molecule has 3 N–H and O–H groups in total. The number of hydrogen-bond acceptors (Lipinski definition) is 4. The summed E-state index contributed by atoms with van der Waals surface area (Å²) >= 11 is 0. The van der Waals surface area contributed by atoms with Gasteiger partial charge in [0.05, 0.1) is 11.4 Å². The summed E-state index contributed by atoms with van der Waals surface area (Å²) in [6, 6.07) is 21.5.